The van der Waals surface area contributed by atoms with Gasteiger partial charge in [0.15, 0.2) is 0 Å². The Labute approximate surface area is 87.1 Å². The maximum absolute atomic E-state index is 13.0. The van der Waals surface area contributed by atoms with E-state index in [4.69, 9.17) is 5.73 Å². The zero-order chi connectivity index (χ0) is 11.6. The highest BCUT2D eigenvalue weighted by Gasteiger charge is 2.17. The minimum atomic E-state index is -2.80. The van der Waals surface area contributed by atoms with Crippen LogP contribution >= 0.6 is 0 Å². The van der Waals surface area contributed by atoms with Crippen LogP contribution in [0.1, 0.15) is 37.4 Å². The van der Waals surface area contributed by atoms with Gasteiger partial charge in [-0.2, -0.15) is 0 Å². The van der Waals surface area contributed by atoms with E-state index in [0.29, 0.717) is 5.56 Å². The van der Waals surface area contributed by atoms with Gasteiger partial charge in [0.2, 0.25) is 0 Å². The third-order valence-electron chi connectivity index (χ3n) is 2.36. The van der Waals surface area contributed by atoms with Gasteiger partial charge in [0.1, 0.15) is 5.82 Å². The molecule has 0 saturated heterocycles. The highest BCUT2D eigenvalue weighted by Crippen LogP contribution is 2.27. The Morgan fingerprint density at radius 3 is 2.27 bits per heavy atom. The summed E-state index contributed by atoms with van der Waals surface area (Å²) in [6, 6.07) is 3.29. The lowest BCUT2D eigenvalue weighted by atomic mass is 9.95. The molecule has 1 aromatic carbocycles. The minimum absolute atomic E-state index is 0.126. The van der Waals surface area contributed by atoms with E-state index in [0.717, 1.165) is 12.1 Å². The van der Waals surface area contributed by atoms with Crippen molar-refractivity contribution in [1.29, 1.82) is 0 Å². The molecule has 2 N–H and O–H groups in total. The number of nitrogens with two attached hydrogens (primary N) is 1. The van der Waals surface area contributed by atoms with Crippen LogP contribution in [0.4, 0.5) is 13.2 Å². The summed E-state index contributed by atoms with van der Waals surface area (Å²) in [5.41, 5.74) is 5.75. The largest absolute Gasteiger partial charge is 0.324 e. The summed E-state index contributed by atoms with van der Waals surface area (Å²) in [6.45, 7) is 3.77. The second-order valence-corrected chi connectivity index (χ2v) is 3.85. The van der Waals surface area contributed by atoms with Crippen LogP contribution < -0.4 is 5.73 Å². The Hall–Kier alpha value is -1.03. The Bertz CT molecular complexity index is 337. The molecule has 0 amide bonds. The maximum Gasteiger partial charge on any atom is 0.266 e. The Kier molecular flexibility index (Phi) is 3.74. The Morgan fingerprint density at radius 2 is 1.80 bits per heavy atom. The fourth-order valence-corrected chi connectivity index (χ4v) is 1.32. The molecular formula is C11H14F3N. The van der Waals surface area contributed by atoms with Crippen molar-refractivity contribution in [1.82, 2.24) is 0 Å². The predicted octanol–water partition coefficient (Wildman–Crippen LogP) is 3.42. The predicted molar refractivity (Wildman–Crippen MR) is 53.1 cm³/mol. The topological polar surface area (TPSA) is 26.0 Å². The summed E-state index contributed by atoms with van der Waals surface area (Å²) in [6.07, 6.45) is -2.80. The van der Waals surface area contributed by atoms with E-state index < -0.39 is 17.8 Å². The molecule has 1 nitrogen and oxygen atoms in total. The van der Waals surface area contributed by atoms with Gasteiger partial charge in [-0.1, -0.05) is 19.9 Å². The molecule has 84 valence electrons. The van der Waals surface area contributed by atoms with Crippen molar-refractivity contribution in [3.05, 3.63) is 35.1 Å². The zero-order valence-electron chi connectivity index (χ0n) is 8.68. The van der Waals surface area contributed by atoms with Gasteiger partial charge >= 0.3 is 0 Å². The van der Waals surface area contributed by atoms with Crippen molar-refractivity contribution < 1.29 is 13.2 Å². The van der Waals surface area contributed by atoms with E-state index >= 15 is 0 Å². The van der Waals surface area contributed by atoms with Crippen molar-refractivity contribution in [2.75, 3.05) is 0 Å². The SMILES string of the molecule is CC(C)C(N)c1ccc(F)c(C(F)F)c1. The standard InChI is InChI=1S/C11H14F3N/c1-6(2)10(15)7-3-4-9(12)8(5-7)11(13)14/h3-6,10-11H,15H2,1-2H3. The van der Waals surface area contributed by atoms with Crippen molar-refractivity contribution in [2.45, 2.75) is 26.3 Å². The van der Waals surface area contributed by atoms with Gasteiger partial charge in [-0.3, -0.25) is 0 Å². The van der Waals surface area contributed by atoms with Crippen LogP contribution in [-0.4, -0.2) is 0 Å². The average Bonchev–Trinajstić information content (AvgIpc) is 2.16. The van der Waals surface area contributed by atoms with Crippen LogP contribution in [0.2, 0.25) is 0 Å². The highest BCUT2D eigenvalue weighted by molar-refractivity contribution is 5.28. The summed E-state index contributed by atoms with van der Waals surface area (Å²) in [5, 5.41) is 0. The first kappa shape index (κ1) is 12.0. The molecule has 0 aliphatic heterocycles. The normalized spacial score (nSPS) is 13.6. The molecular weight excluding hydrogens is 203 g/mol. The van der Waals surface area contributed by atoms with Crippen LogP contribution in [-0.2, 0) is 0 Å². The molecule has 0 aliphatic rings. The Morgan fingerprint density at radius 1 is 1.20 bits per heavy atom. The van der Waals surface area contributed by atoms with Gasteiger partial charge in [-0.05, 0) is 23.6 Å². The average molecular weight is 217 g/mol. The smallest absolute Gasteiger partial charge is 0.266 e. The van der Waals surface area contributed by atoms with Gasteiger partial charge < -0.3 is 5.73 Å². The molecule has 0 spiro atoms. The Balaban J connectivity index is 3.07. The molecule has 0 saturated carbocycles. The first-order valence-electron chi connectivity index (χ1n) is 4.76. The molecule has 0 fully saturated rings. The van der Waals surface area contributed by atoms with Gasteiger partial charge in [0.05, 0.1) is 5.56 Å². The first-order valence-corrected chi connectivity index (χ1v) is 4.76. The second-order valence-electron chi connectivity index (χ2n) is 3.85. The van der Waals surface area contributed by atoms with Crippen LogP contribution in [0.15, 0.2) is 18.2 Å². The minimum Gasteiger partial charge on any atom is -0.324 e. The summed E-state index contributed by atoms with van der Waals surface area (Å²) >= 11 is 0. The lowest BCUT2D eigenvalue weighted by Gasteiger charge is -2.17. The maximum atomic E-state index is 13.0. The molecule has 1 atom stereocenters. The van der Waals surface area contributed by atoms with Crippen LogP contribution in [0.5, 0.6) is 0 Å². The molecule has 0 bridgehead atoms. The van der Waals surface area contributed by atoms with Crippen LogP contribution in [0, 0.1) is 11.7 Å². The molecule has 1 unspecified atom stereocenters. The van der Waals surface area contributed by atoms with Crippen LogP contribution in [0.3, 0.4) is 0 Å². The molecule has 0 radical (unpaired) electrons. The lowest BCUT2D eigenvalue weighted by molar-refractivity contribution is 0.146. The van der Waals surface area contributed by atoms with E-state index in [9.17, 15) is 13.2 Å². The number of rotatable bonds is 3. The van der Waals surface area contributed by atoms with E-state index in [2.05, 4.69) is 0 Å². The first-order chi connectivity index (χ1) is 6.93. The lowest BCUT2D eigenvalue weighted by Crippen LogP contribution is -2.17. The third kappa shape index (κ3) is 2.72. The second kappa shape index (κ2) is 4.66. The molecule has 0 aliphatic carbocycles. The zero-order valence-corrected chi connectivity index (χ0v) is 8.68. The molecule has 0 aromatic heterocycles. The number of halogens is 3. The van der Waals surface area contributed by atoms with Crippen LogP contribution in [0.25, 0.3) is 0 Å². The molecule has 0 heterocycles. The molecule has 4 heteroatoms. The van der Waals surface area contributed by atoms with Gasteiger partial charge in [-0.25, -0.2) is 13.2 Å². The highest BCUT2D eigenvalue weighted by atomic mass is 19.3. The quantitative estimate of drug-likeness (QED) is 0.824. The van der Waals surface area contributed by atoms with E-state index in [1.165, 1.54) is 6.07 Å². The van der Waals surface area contributed by atoms with E-state index in [1.54, 1.807) is 0 Å². The summed E-state index contributed by atoms with van der Waals surface area (Å²) in [5.74, 6) is -0.759. The summed E-state index contributed by atoms with van der Waals surface area (Å²) < 4.78 is 37.7. The van der Waals surface area contributed by atoms with Crippen molar-refractivity contribution >= 4 is 0 Å². The number of hydrogen-bond donors (Lipinski definition) is 1. The van der Waals surface area contributed by atoms with Gasteiger partial charge in [-0.15, -0.1) is 0 Å². The third-order valence-corrected chi connectivity index (χ3v) is 2.36. The van der Waals surface area contributed by atoms with Crippen molar-refractivity contribution in [3.63, 3.8) is 0 Å². The molecule has 1 rings (SSSR count). The fraction of sp³-hybridized carbons (Fsp3) is 0.455. The fourth-order valence-electron chi connectivity index (χ4n) is 1.32. The number of benzene rings is 1. The number of hydrogen-bond acceptors (Lipinski definition) is 1. The van der Waals surface area contributed by atoms with E-state index in [-0.39, 0.29) is 12.0 Å². The number of alkyl halides is 2. The van der Waals surface area contributed by atoms with E-state index in [1.807, 2.05) is 13.8 Å². The summed E-state index contributed by atoms with van der Waals surface area (Å²) in [7, 11) is 0. The van der Waals surface area contributed by atoms with Crippen molar-refractivity contribution in [2.24, 2.45) is 11.7 Å². The molecule has 15 heavy (non-hydrogen) atoms. The van der Waals surface area contributed by atoms with Gasteiger partial charge in [0, 0.05) is 6.04 Å². The monoisotopic (exact) mass is 217 g/mol. The molecule has 1 aromatic rings. The summed E-state index contributed by atoms with van der Waals surface area (Å²) in [4.78, 5) is 0. The van der Waals surface area contributed by atoms with Gasteiger partial charge in [0.25, 0.3) is 6.43 Å². The van der Waals surface area contributed by atoms with Crippen molar-refractivity contribution in [3.8, 4) is 0 Å².